The van der Waals surface area contributed by atoms with E-state index in [2.05, 4.69) is 11.1 Å². The minimum atomic E-state index is -0.680. The molecule has 0 bridgehead atoms. The highest BCUT2D eigenvalue weighted by Crippen LogP contribution is 2.39. The molecule has 1 atom stereocenters. The quantitative estimate of drug-likeness (QED) is 0.176. The molecule has 3 aromatic carbocycles. The summed E-state index contributed by atoms with van der Waals surface area (Å²) in [4.78, 5) is 32.1. The molecule has 5 rings (SSSR count). The first-order valence-electron chi connectivity index (χ1n) is 13.0. The van der Waals surface area contributed by atoms with Gasteiger partial charge in [-0.25, -0.2) is 4.98 Å². The number of hydrogen-bond donors (Lipinski definition) is 1. The lowest BCUT2D eigenvalue weighted by atomic mass is 9.94. The fourth-order valence-electron chi connectivity index (χ4n) is 4.88. The first kappa shape index (κ1) is 26.0. The predicted octanol–water partition coefficient (Wildman–Crippen LogP) is 5.59. The maximum absolute atomic E-state index is 13.3. The smallest absolute Gasteiger partial charge is 0.295 e. The number of ketones is 1. The summed E-state index contributed by atoms with van der Waals surface area (Å²) in [5.74, 6) is -0.837. The molecule has 4 aromatic rings. The van der Waals surface area contributed by atoms with Gasteiger partial charge in [0.25, 0.3) is 11.7 Å². The number of hydrogen-bond acceptors (Lipinski definition) is 5. The fraction of sp³-hybridized carbons (Fsp3) is 0.219. The Balaban J connectivity index is 1.41. The van der Waals surface area contributed by atoms with Crippen LogP contribution in [0.4, 0.5) is 0 Å². The molecule has 0 saturated carbocycles. The third-order valence-corrected chi connectivity index (χ3v) is 6.92. The van der Waals surface area contributed by atoms with Crippen LogP contribution >= 0.6 is 0 Å². The van der Waals surface area contributed by atoms with E-state index in [0.29, 0.717) is 37.4 Å². The standard InChI is InChI=1S/C32H31N3O4/c1-22-7-9-25(10-8-22)29-28(31(37)32(38)35(29)17-4-16-34-18-15-33-21-34)30(36)26-11-13-27(14-12-26)39-20-24-6-3-5-23(2)19-24/h3,5-15,18-19,21,29,36H,4,16-17,20H2,1-2H3/b30-28+/t29-/m1/s1. The SMILES string of the molecule is Cc1ccc([C@@H]2/C(=C(\O)c3ccc(OCc4cccc(C)c4)cc3)C(=O)C(=O)N2CCCn2ccnc2)cc1. The number of amides is 1. The van der Waals surface area contributed by atoms with Crippen molar-refractivity contribution in [3.63, 3.8) is 0 Å². The van der Waals surface area contributed by atoms with Gasteiger partial charge < -0.3 is 19.3 Å². The van der Waals surface area contributed by atoms with E-state index in [-0.39, 0.29) is 11.3 Å². The highest BCUT2D eigenvalue weighted by Gasteiger charge is 2.45. The second kappa shape index (κ2) is 11.4. The lowest BCUT2D eigenvalue weighted by Crippen LogP contribution is -2.31. The Labute approximate surface area is 228 Å². The normalized spacial score (nSPS) is 16.6. The average molecular weight is 522 g/mol. The number of aliphatic hydroxyl groups is 1. The van der Waals surface area contributed by atoms with Gasteiger partial charge in [0.05, 0.1) is 17.9 Å². The van der Waals surface area contributed by atoms with Crippen LogP contribution in [0.5, 0.6) is 5.75 Å². The van der Waals surface area contributed by atoms with Crippen molar-refractivity contribution in [2.45, 2.75) is 39.5 Å². The number of rotatable bonds is 9. The number of Topliss-reactive ketones (excluding diaryl/α,β-unsaturated/α-hetero) is 1. The number of aromatic nitrogens is 2. The summed E-state index contributed by atoms with van der Waals surface area (Å²) < 4.78 is 7.84. The average Bonchev–Trinajstić information content (AvgIpc) is 3.55. The molecule has 1 N–H and O–H groups in total. The van der Waals surface area contributed by atoms with Gasteiger partial charge in [0, 0.05) is 31.0 Å². The largest absolute Gasteiger partial charge is 0.507 e. The molecule has 0 aliphatic carbocycles. The number of imidazole rings is 1. The van der Waals surface area contributed by atoms with Gasteiger partial charge in [-0.1, -0.05) is 59.7 Å². The maximum Gasteiger partial charge on any atom is 0.295 e. The molecular formula is C32H31N3O4. The molecule has 39 heavy (non-hydrogen) atoms. The van der Waals surface area contributed by atoms with Crippen LogP contribution in [0.15, 0.2) is 97.1 Å². The molecule has 0 radical (unpaired) electrons. The Hall–Kier alpha value is -4.65. The summed E-state index contributed by atoms with van der Waals surface area (Å²) in [5.41, 5.74) is 4.62. The lowest BCUT2D eigenvalue weighted by molar-refractivity contribution is -0.139. The van der Waals surface area contributed by atoms with Crippen LogP contribution < -0.4 is 4.74 Å². The van der Waals surface area contributed by atoms with Crippen molar-refractivity contribution in [3.8, 4) is 5.75 Å². The van der Waals surface area contributed by atoms with Gasteiger partial charge in [-0.3, -0.25) is 9.59 Å². The van der Waals surface area contributed by atoms with Crippen LogP contribution in [0.2, 0.25) is 0 Å². The Morgan fingerprint density at radius 1 is 0.949 bits per heavy atom. The van der Waals surface area contributed by atoms with Crippen LogP contribution in [0, 0.1) is 13.8 Å². The van der Waals surface area contributed by atoms with E-state index in [1.54, 1.807) is 41.7 Å². The van der Waals surface area contributed by atoms with E-state index in [1.807, 2.05) is 67.1 Å². The summed E-state index contributed by atoms with van der Waals surface area (Å²) in [6.07, 6.45) is 5.93. The summed E-state index contributed by atoms with van der Waals surface area (Å²) in [6.45, 7) is 5.46. The number of ether oxygens (including phenoxy) is 1. The van der Waals surface area contributed by atoms with E-state index >= 15 is 0 Å². The lowest BCUT2D eigenvalue weighted by Gasteiger charge is -2.25. The van der Waals surface area contributed by atoms with Crippen molar-refractivity contribution in [2.24, 2.45) is 0 Å². The number of benzene rings is 3. The highest BCUT2D eigenvalue weighted by molar-refractivity contribution is 6.46. The van der Waals surface area contributed by atoms with Crippen LogP contribution in [0.3, 0.4) is 0 Å². The number of carbonyl (C=O) groups is 2. The van der Waals surface area contributed by atoms with Crippen molar-refractivity contribution in [1.82, 2.24) is 14.5 Å². The van der Waals surface area contributed by atoms with Gasteiger partial charge in [0.1, 0.15) is 18.1 Å². The molecule has 1 aliphatic rings. The highest BCUT2D eigenvalue weighted by atomic mass is 16.5. The number of likely N-dealkylation sites (tertiary alicyclic amines) is 1. The Kier molecular flexibility index (Phi) is 7.59. The summed E-state index contributed by atoms with van der Waals surface area (Å²) in [6, 6.07) is 22.1. The maximum atomic E-state index is 13.3. The van der Waals surface area contributed by atoms with Gasteiger partial charge in [0.2, 0.25) is 0 Å². The van der Waals surface area contributed by atoms with Gasteiger partial charge >= 0.3 is 0 Å². The number of nitrogens with zero attached hydrogens (tertiary/aromatic N) is 3. The summed E-state index contributed by atoms with van der Waals surface area (Å²) in [5, 5.41) is 11.3. The second-order valence-electron chi connectivity index (χ2n) is 9.86. The molecule has 1 amide bonds. The van der Waals surface area contributed by atoms with Gasteiger partial charge in [-0.05, 0) is 55.7 Å². The van der Waals surface area contributed by atoms with Crippen LogP contribution in [0.25, 0.3) is 5.76 Å². The monoisotopic (exact) mass is 521 g/mol. The molecule has 2 heterocycles. The van der Waals surface area contributed by atoms with E-state index in [1.165, 1.54) is 0 Å². The zero-order valence-corrected chi connectivity index (χ0v) is 22.1. The predicted molar refractivity (Wildman–Crippen MR) is 149 cm³/mol. The zero-order valence-electron chi connectivity index (χ0n) is 22.1. The molecule has 7 nitrogen and oxygen atoms in total. The van der Waals surface area contributed by atoms with Crippen LogP contribution in [-0.4, -0.2) is 37.8 Å². The van der Waals surface area contributed by atoms with Crippen LogP contribution in [0.1, 0.15) is 40.3 Å². The minimum absolute atomic E-state index is 0.0971. The fourth-order valence-corrected chi connectivity index (χ4v) is 4.88. The van der Waals surface area contributed by atoms with Crippen molar-refractivity contribution in [3.05, 3.63) is 125 Å². The molecule has 7 heteroatoms. The first-order chi connectivity index (χ1) is 18.9. The van der Waals surface area contributed by atoms with Crippen molar-refractivity contribution in [1.29, 1.82) is 0 Å². The van der Waals surface area contributed by atoms with E-state index in [4.69, 9.17) is 4.74 Å². The van der Waals surface area contributed by atoms with Gasteiger partial charge in [-0.15, -0.1) is 0 Å². The molecule has 1 aliphatic heterocycles. The topological polar surface area (TPSA) is 84.7 Å². The van der Waals surface area contributed by atoms with Gasteiger partial charge in [0.15, 0.2) is 0 Å². The summed E-state index contributed by atoms with van der Waals surface area (Å²) >= 11 is 0. The number of aryl methyl sites for hydroxylation is 3. The molecule has 0 unspecified atom stereocenters. The molecule has 1 saturated heterocycles. The molecule has 198 valence electrons. The van der Waals surface area contributed by atoms with E-state index in [9.17, 15) is 14.7 Å². The van der Waals surface area contributed by atoms with Gasteiger partial charge in [-0.2, -0.15) is 0 Å². The Morgan fingerprint density at radius 2 is 1.72 bits per heavy atom. The number of carbonyl (C=O) groups excluding carboxylic acids is 2. The molecule has 1 fully saturated rings. The minimum Gasteiger partial charge on any atom is -0.507 e. The molecular weight excluding hydrogens is 490 g/mol. The molecule has 0 spiro atoms. The Morgan fingerprint density at radius 3 is 2.41 bits per heavy atom. The van der Waals surface area contributed by atoms with Crippen molar-refractivity contribution < 1.29 is 19.4 Å². The second-order valence-corrected chi connectivity index (χ2v) is 9.86. The summed E-state index contributed by atoms with van der Waals surface area (Å²) in [7, 11) is 0. The van der Waals surface area contributed by atoms with Crippen LogP contribution in [-0.2, 0) is 22.7 Å². The zero-order chi connectivity index (χ0) is 27.4. The van der Waals surface area contributed by atoms with E-state index < -0.39 is 17.7 Å². The Bertz CT molecular complexity index is 1490. The third-order valence-electron chi connectivity index (χ3n) is 6.92. The molecule has 1 aromatic heterocycles. The van der Waals surface area contributed by atoms with Crippen molar-refractivity contribution >= 4 is 17.4 Å². The first-order valence-corrected chi connectivity index (χ1v) is 13.0. The number of aliphatic hydroxyl groups excluding tert-OH is 1. The van der Waals surface area contributed by atoms with Crippen molar-refractivity contribution in [2.75, 3.05) is 6.54 Å². The third kappa shape index (κ3) is 5.77. The van der Waals surface area contributed by atoms with E-state index in [0.717, 1.165) is 22.3 Å².